The van der Waals surface area contributed by atoms with Gasteiger partial charge in [-0.3, -0.25) is 0 Å². The van der Waals surface area contributed by atoms with Gasteiger partial charge in [-0.2, -0.15) is 0 Å². The minimum atomic E-state index is 1.09. The van der Waals surface area contributed by atoms with Crippen LogP contribution in [0.25, 0.3) is 22.3 Å². The van der Waals surface area contributed by atoms with Crippen molar-refractivity contribution in [2.45, 2.75) is 26.2 Å². The highest BCUT2D eigenvalue weighted by Crippen LogP contribution is 2.39. The molecule has 4 aromatic carbocycles. The second-order valence-electron chi connectivity index (χ2n) is 7.54. The Balaban J connectivity index is 1.82. The lowest BCUT2D eigenvalue weighted by Gasteiger charge is -2.18. The topological polar surface area (TPSA) is 12.0 Å². The van der Waals surface area contributed by atoms with E-state index in [9.17, 15) is 0 Å². The first-order valence-corrected chi connectivity index (χ1v) is 11.3. The largest absolute Gasteiger partial charge is 0.354 e. The molecule has 0 aliphatic rings. The Kier molecular flexibility index (Phi) is 6.66. The molecule has 0 fully saturated rings. The Morgan fingerprint density at radius 2 is 1.30 bits per heavy atom. The fourth-order valence-corrected chi connectivity index (χ4v) is 4.34. The summed E-state index contributed by atoms with van der Waals surface area (Å²) < 4.78 is 1.11. The van der Waals surface area contributed by atoms with E-state index in [1.54, 1.807) is 0 Å². The summed E-state index contributed by atoms with van der Waals surface area (Å²) >= 11 is 3.71. The van der Waals surface area contributed by atoms with E-state index in [0.717, 1.165) is 22.3 Å². The minimum absolute atomic E-state index is 1.09. The van der Waals surface area contributed by atoms with Crippen LogP contribution in [-0.4, -0.2) is 0 Å². The van der Waals surface area contributed by atoms with Crippen LogP contribution >= 0.6 is 15.9 Å². The van der Waals surface area contributed by atoms with Crippen molar-refractivity contribution in [3.63, 3.8) is 0 Å². The number of nitrogens with one attached hydrogen (secondary N) is 1. The van der Waals surface area contributed by atoms with Gasteiger partial charge in [-0.05, 0) is 47.7 Å². The van der Waals surface area contributed by atoms with Crippen molar-refractivity contribution < 1.29 is 0 Å². The molecule has 0 aromatic heterocycles. The molecular weight excluding hydrogens is 430 g/mol. The van der Waals surface area contributed by atoms with Crippen LogP contribution in [0.5, 0.6) is 0 Å². The molecule has 0 aliphatic carbocycles. The monoisotopic (exact) mass is 455 g/mol. The second kappa shape index (κ2) is 9.77. The van der Waals surface area contributed by atoms with E-state index in [1.165, 1.54) is 40.7 Å². The number of aryl methyl sites for hydroxylation is 1. The first-order chi connectivity index (χ1) is 14.7. The van der Waals surface area contributed by atoms with Gasteiger partial charge in [0, 0.05) is 21.3 Å². The first kappa shape index (κ1) is 20.4. The number of unbranched alkanes of at least 4 members (excludes halogenated alkanes) is 1. The number of para-hydroxylation sites is 1. The molecule has 0 radical (unpaired) electrons. The van der Waals surface area contributed by atoms with Gasteiger partial charge >= 0.3 is 0 Å². The van der Waals surface area contributed by atoms with Crippen molar-refractivity contribution in [2.75, 3.05) is 5.32 Å². The summed E-state index contributed by atoms with van der Waals surface area (Å²) in [6, 6.07) is 34.4. The van der Waals surface area contributed by atoms with Gasteiger partial charge in [0.15, 0.2) is 0 Å². The SMILES string of the molecule is CCCCc1cc(Br)cc(Nc2c(-c3ccccc3)cccc2-c2ccccc2)c1. The average Bonchev–Trinajstić information content (AvgIpc) is 2.79. The molecule has 0 saturated carbocycles. The summed E-state index contributed by atoms with van der Waals surface area (Å²) in [6.07, 6.45) is 3.49. The molecule has 4 aromatic rings. The normalized spacial score (nSPS) is 10.7. The lowest BCUT2D eigenvalue weighted by molar-refractivity contribution is 0.795. The van der Waals surface area contributed by atoms with Gasteiger partial charge in [0.05, 0.1) is 5.69 Å². The molecule has 1 N–H and O–H groups in total. The van der Waals surface area contributed by atoms with E-state index in [1.807, 2.05) is 0 Å². The van der Waals surface area contributed by atoms with Crippen LogP contribution < -0.4 is 5.32 Å². The van der Waals surface area contributed by atoms with E-state index in [0.29, 0.717) is 0 Å². The summed E-state index contributed by atoms with van der Waals surface area (Å²) in [7, 11) is 0. The standard InChI is InChI=1S/C28H26BrN/c1-2-3-11-21-18-24(29)20-25(19-21)30-28-26(22-12-6-4-7-13-22)16-10-17-27(28)23-14-8-5-9-15-23/h4-10,12-20,30H,2-3,11H2,1H3. The Morgan fingerprint density at radius 3 is 1.87 bits per heavy atom. The van der Waals surface area contributed by atoms with E-state index in [2.05, 4.69) is 125 Å². The van der Waals surface area contributed by atoms with Crippen molar-refractivity contribution >= 4 is 27.3 Å². The molecule has 4 rings (SSSR count). The number of rotatable bonds is 7. The summed E-state index contributed by atoms with van der Waals surface area (Å²) in [5.41, 5.74) is 8.41. The first-order valence-electron chi connectivity index (χ1n) is 10.5. The third-order valence-electron chi connectivity index (χ3n) is 5.28. The number of anilines is 2. The van der Waals surface area contributed by atoms with Crippen molar-refractivity contribution in [3.8, 4) is 22.3 Å². The summed E-state index contributed by atoms with van der Waals surface area (Å²) in [4.78, 5) is 0. The molecule has 0 bridgehead atoms. The van der Waals surface area contributed by atoms with Gasteiger partial charge in [0.1, 0.15) is 0 Å². The van der Waals surface area contributed by atoms with Crippen molar-refractivity contribution in [3.05, 3.63) is 107 Å². The molecule has 30 heavy (non-hydrogen) atoms. The van der Waals surface area contributed by atoms with Crippen LogP contribution in [0.2, 0.25) is 0 Å². The van der Waals surface area contributed by atoms with E-state index in [-0.39, 0.29) is 0 Å². The van der Waals surface area contributed by atoms with Crippen LogP contribution in [0, 0.1) is 0 Å². The molecule has 0 amide bonds. The highest BCUT2D eigenvalue weighted by molar-refractivity contribution is 9.10. The van der Waals surface area contributed by atoms with Crippen molar-refractivity contribution in [2.24, 2.45) is 0 Å². The molecule has 2 heteroatoms. The molecule has 0 spiro atoms. The van der Waals surface area contributed by atoms with Gasteiger partial charge in [0.2, 0.25) is 0 Å². The van der Waals surface area contributed by atoms with Crippen LogP contribution in [0.4, 0.5) is 11.4 Å². The second-order valence-corrected chi connectivity index (χ2v) is 8.45. The minimum Gasteiger partial charge on any atom is -0.354 e. The smallest absolute Gasteiger partial charge is 0.0543 e. The molecule has 0 atom stereocenters. The summed E-state index contributed by atoms with van der Waals surface area (Å²) in [6.45, 7) is 2.24. The zero-order valence-corrected chi connectivity index (χ0v) is 18.8. The molecular formula is C28H26BrN. The van der Waals surface area contributed by atoms with Gasteiger partial charge in [-0.1, -0.05) is 108 Å². The highest BCUT2D eigenvalue weighted by atomic mass is 79.9. The zero-order valence-electron chi connectivity index (χ0n) is 17.2. The van der Waals surface area contributed by atoms with Crippen LogP contribution in [0.3, 0.4) is 0 Å². The van der Waals surface area contributed by atoms with Gasteiger partial charge < -0.3 is 5.32 Å². The van der Waals surface area contributed by atoms with Crippen LogP contribution in [-0.2, 0) is 6.42 Å². The molecule has 1 nitrogen and oxygen atoms in total. The van der Waals surface area contributed by atoms with Gasteiger partial charge in [-0.15, -0.1) is 0 Å². The average molecular weight is 456 g/mol. The fourth-order valence-electron chi connectivity index (χ4n) is 3.80. The van der Waals surface area contributed by atoms with E-state index in [4.69, 9.17) is 0 Å². The lowest BCUT2D eigenvalue weighted by atomic mass is 9.95. The van der Waals surface area contributed by atoms with Crippen molar-refractivity contribution in [1.29, 1.82) is 0 Å². The van der Waals surface area contributed by atoms with Gasteiger partial charge in [-0.25, -0.2) is 0 Å². The molecule has 0 heterocycles. The Hall–Kier alpha value is -2.84. The Morgan fingerprint density at radius 1 is 0.700 bits per heavy atom. The predicted molar refractivity (Wildman–Crippen MR) is 133 cm³/mol. The van der Waals surface area contributed by atoms with E-state index >= 15 is 0 Å². The highest BCUT2D eigenvalue weighted by Gasteiger charge is 2.13. The number of halogens is 1. The quantitative estimate of drug-likeness (QED) is 0.293. The fraction of sp³-hybridized carbons (Fsp3) is 0.143. The third-order valence-corrected chi connectivity index (χ3v) is 5.74. The maximum atomic E-state index is 3.77. The molecule has 0 aliphatic heterocycles. The van der Waals surface area contributed by atoms with E-state index < -0.39 is 0 Å². The lowest BCUT2D eigenvalue weighted by Crippen LogP contribution is -1.98. The number of hydrogen-bond donors (Lipinski definition) is 1. The van der Waals surface area contributed by atoms with Crippen molar-refractivity contribution in [1.82, 2.24) is 0 Å². The zero-order chi connectivity index (χ0) is 20.8. The van der Waals surface area contributed by atoms with Gasteiger partial charge in [0.25, 0.3) is 0 Å². The van der Waals surface area contributed by atoms with Crippen LogP contribution in [0.1, 0.15) is 25.3 Å². The molecule has 0 unspecified atom stereocenters. The molecule has 150 valence electrons. The Labute approximate surface area is 187 Å². The Bertz CT molecular complexity index is 1050. The molecule has 0 saturated heterocycles. The maximum Gasteiger partial charge on any atom is 0.0543 e. The number of hydrogen-bond acceptors (Lipinski definition) is 1. The summed E-state index contributed by atoms with van der Waals surface area (Å²) in [5.74, 6) is 0. The predicted octanol–water partition coefficient (Wildman–Crippen LogP) is 8.87. The number of benzene rings is 4. The third kappa shape index (κ3) is 4.83. The maximum absolute atomic E-state index is 3.77. The summed E-state index contributed by atoms with van der Waals surface area (Å²) in [5, 5.41) is 3.77. The van der Waals surface area contributed by atoms with Crippen LogP contribution in [0.15, 0.2) is 102 Å².